The van der Waals surface area contributed by atoms with E-state index in [0.717, 1.165) is 40.6 Å². The number of aliphatic carboxylic acids is 1. The number of rotatable bonds is 7. The monoisotopic (exact) mass is 638 g/mol. The molecule has 232 valence electrons. The molecule has 0 bridgehead atoms. The first-order valence-corrected chi connectivity index (χ1v) is 14.8. The number of benzene rings is 1. The van der Waals surface area contributed by atoms with Gasteiger partial charge in [-0.1, -0.05) is 41.5 Å². The van der Waals surface area contributed by atoms with Crippen LogP contribution in [0, 0.1) is 6.92 Å². The highest BCUT2D eigenvalue weighted by Crippen LogP contribution is 2.43. The van der Waals surface area contributed by atoms with Gasteiger partial charge < -0.3 is 19.3 Å². The Kier molecular flexibility index (Phi) is 11.7. The van der Waals surface area contributed by atoms with E-state index in [4.69, 9.17) is 14.8 Å². The van der Waals surface area contributed by atoms with Crippen molar-refractivity contribution < 1.29 is 19.4 Å². The van der Waals surface area contributed by atoms with Crippen LogP contribution in [0.25, 0.3) is 10.6 Å². The fraction of sp³-hybridized carbons (Fsp3) is 0.548. The van der Waals surface area contributed by atoms with Crippen LogP contribution in [-0.2, 0) is 33.4 Å². The van der Waals surface area contributed by atoms with Crippen molar-refractivity contribution in [3.05, 3.63) is 52.0 Å². The molecule has 1 amide bonds. The van der Waals surface area contributed by atoms with E-state index in [9.17, 15) is 9.59 Å². The molecule has 1 fully saturated rings. The normalized spacial score (nSPS) is 14.2. The second-order valence-electron chi connectivity index (χ2n) is 12.8. The molecule has 1 saturated heterocycles. The lowest BCUT2D eigenvalue weighted by atomic mass is 9.78. The van der Waals surface area contributed by atoms with E-state index in [1.165, 1.54) is 11.1 Å². The Morgan fingerprint density at radius 3 is 2.12 bits per heavy atom. The van der Waals surface area contributed by atoms with E-state index >= 15 is 0 Å². The number of hydrogen-bond donors (Lipinski definition) is 1. The Labute approximate surface area is 265 Å². The molecule has 0 saturated carbocycles. The predicted molar refractivity (Wildman–Crippen MR) is 173 cm³/mol. The van der Waals surface area contributed by atoms with Crippen LogP contribution < -0.4 is 4.74 Å². The van der Waals surface area contributed by atoms with Crippen molar-refractivity contribution in [3.8, 4) is 16.3 Å². The van der Waals surface area contributed by atoms with Gasteiger partial charge in [0.05, 0.1) is 31.2 Å². The van der Waals surface area contributed by atoms with Gasteiger partial charge in [0.2, 0.25) is 5.91 Å². The Morgan fingerprint density at radius 1 is 1.05 bits per heavy atom. The molecule has 4 rings (SSSR count). The highest BCUT2D eigenvalue weighted by atomic mass is 35.5. The van der Waals surface area contributed by atoms with Crippen molar-refractivity contribution in [2.45, 2.75) is 91.0 Å². The fourth-order valence-corrected chi connectivity index (χ4v) is 6.21. The zero-order valence-electron chi connectivity index (χ0n) is 25.8. The van der Waals surface area contributed by atoms with Gasteiger partial charge in [-0.2, -0.15) is 0 Å². The molecule has 0 atom stereocenters. The number of carboxylic acids is 1. The number of halogens is 2. The van der Waals surface area contributed by atoms with Crippen molar-refractivity contribution in [2.75, 3.05) is 20.2 Å². The second kappa shape index (κ2) is 13.8. The van der Waals surface area contributed by atoms with Crippen LogP contribution in [0.1, 0.15) is 88.5 Å². The van der Waals surface area contributed by atoms with Crippen molar-refractivity contribution in [2.24, 2.45) is 0 Å². The molecule has 11 heteroatoms. The van der Waals surface area contributed by atoms with Crippen LogP contribution in [-0.4, -0.2) is 56.6 Å². The topological polar surface area (TPSA) is 97.5 Å². The average molecular weight is 640 g/mol. The van der Waals surface area contributed by atoms with Gasteiger partial charge in [-0.05, 0) is 42.7 Å². The van der Waals surface area contributed by atoms with Gasteiger partial charge >= 0.3 is 5.97 Å². The van der Waals surface area contributed by atoms with Crippen molar-refractivity contribution in [1.29, 1.82) is 0 Å². The van der Waals surface area contributed by atoms with Crippen molar-refractivity contribution in [1.82, 2.24) is 19.4 Å². The number of likely N-dealkylation sites (tertiary alicyclic amines) is 1. The summed E-state index contributed by atoms with van der Waals surface area (Å²) < 4.78 is 7.67. The van der Waals surface area contributed by atoms with Crippen LogP contribution in [0.2, 0.25) is 0 Å². The summed E-state index contributed by atoms with van der Waals surface area (Å²) in [5, 5.41) is 12.2. The number of methoxy groups -OCH3 is 1. The number of ether oxygens (including phenoxy) is 1. The third kappa shape index (κ3) is 7.85. The maximum absolute atomic E-state index is 13.0. The largest absolute Gasteiger partial charge is 0.496 e. The lowest BCUT2D eigenvalue weighted by Crippen LogP contribution is -2.39. The van der Waals surface area contributed by atoms with E-state index < -0.39 is 5.97 Å². The van der Waals surface area contributed by atoms with Crippen LogP contribution >= 0.6 is 36.2 Å². The SMILES string of the molecule is COc1c(C(C)(C)C)cc(-c2nc(C3CCN(C(=O)Cn4cnc(CC(=O)O)c4C)CC3)cs2)cc1C(C)(C)C.Cl.Cl. The number of carbonyl (C=O) groups is 2. The van der Waals surface area contributed by atoms with Crippen LogP contribution in [0.15, 0.2) is 23.8 Å². The Balaban J connectivity index is 0.00000308. The van der Waals surface area contributed by atoms with Gasteiger partial charge in [0.1, 0.15) is 17.3 Å². The molecule has 2 aromatic heterocycles. The van der Waals surface area contributed by atoms with Gasteiger partial charge in [-0.3, -0.25) is 9.59 Å². The molecule has 3 aromatic rings. The minimum Gasteiger partial charge on any atom is -0.496 e. The molecule has 8 nitrogen and oxygen atoms in total. The number of carboxylic acid groups (broad SMARTS) is 1. The zero-order valence-corrected chi connectivity index (χ0v) is 28.3. The molecule has 3 heterocycles. The van der Waals surface area contributed by atoms with Gasteiger partial charge in [-0.15, -0.1) is 36.2 Å². The highest BCUT2D eigenvalue weighted by Gasteiger charge is 2.30. The third-order valence-electron chi connectivity index (χ3n) is 7.77. The first kappa shape index (κ1) is 35.6. The second-order valence-corrected chi connectivity index (χ2v) is 13.7. The van der Waals surface area contributed by atoms with Crippen molar-refractivity contribution >= 4 is 48.0 Å². The standard InChI is InChI=1S/C31H42N4O4S.2ClH/c1-19-24(15-27(37)38)32-18-35(19)16-26(36)34-11-9-20(10-12-34)25-17-40-29(33-25)21-13-22(30(2,3)4)28(39-8)23(14-21)31(5,6)7;;/h13-14,17-18,20H,9-12,15-16H2,1-8H3,(H,37,38);2*1H. The molecule has 1 aliphatic rings. The number of carbonyl (C=O) groups excluding carboxylic acids is 1. The van der Waals surface area contributed by atoms with Gasteiger partial charge in [0.25, 0.3) is 0 Å². The van der Waals surface area contributed by atoms with Gasteiger partial charge in [0.15, 0.2) is 0 Å². The van der Waals surface area contributed by atoms with E-state index in [1.54, 1.807) is 29.3 Å². The number of amides is 1. The maximum atomic E-state index is 13.0. The summed E-state index contributed by atoms with van der Waals surface area (Å²) in [5.74, 6) is 0.376. The molecule has 0 radical (unpaired) electrons. The van der Waals surface area contributed by atoms with Gasteiger partial charge in [0, 0.05) is 46.8 Å². The molecule has 0 unspecified atom stereocenters. The van der Waals surface area contributed by atoms with E-state index in [1.807, 2.05) is 11.8 Å². The molecule has 42 heavy (non-hydrogen) atoms. The molecular formula is C31H44Cl2N4O4S. The summed E-state index contributed by atoms with van der Waals surface area (Å²) in [6, 6.07) is 4.47. The minimum atomic E-state index is -0.928. The van der Waals surface area contributed by atoms with E-state index in [-0.39, 0.29) is 54.5 Å². The lowest BCUT2D eigenvalue weighted by molar-refractivity contribution is -0.136. The fourth-order valence-electron chi connectivity index (χ4n) is 5.32. The summed E-state index contributed by atoms with van der Waals surface area (Å²) in [6.45, 7) is 16.6. The number of hydrogen-bond acceptors (Lipinski definition) is 6. The predicted octanol–water partition coefficient (Wildman–Crippen LogP) is 6.80. The molecule has 1 aromatic carbocycles. The van der Waals surface area contributed by atoms with Crippen LogP contribution in [0.4, 0.5) is 0 Å². The van der Waals surface area contributed by atoms with E-state index in [0.29, 0.717) is 24.7 Å². The summed E-state index contributed by atoms with van der Waals surface area (Å²) in [7, 11) is 1.76. The first-order chi connectivity index (χ1) is 18.7. The number of piperidine rings is 1. The van der Waals surface area contributed by atoms with Crippen molar-refractivity contribution in [3.63, 3.8) is 0 Å². The smallest absolute Gasteiger partial charge is 0.309 e. The highest BCUT2D eigenvalue weighted by molar-refractivity contribution is 7.13. The Hall–Kier alpha value is -2.62. The quantitative estimate of drug-likeness (QED) is 0.306. The summed E-state index contributed by atoms with van der Waals surface area (Å²) >= 11 is 1.68. The molecule has 1 N–H and O–H groups in total. The van der Waals surface area contributed by atoms with Crippen LogP contribution in [0.3, 0.4) is 0 Å². The summed E-state index contributed by atoms with van der Waals surface area (Å²) in [4.78, 5) is 35.2. The molecule has 0 aliphatic carbocycles. The maximum Gasteiger partial charge on any atom is 0.309 e. The Bertz CT molecular complexity index is 1360. The Morgan fingerprint density at radius 2 is 1.62 bits per heavy atom. The number of thiazole rings is 1. The van der Waals surface area contributed by atoms with Crippen LogP contribution in [0.5, 0.6) is 5.75 Å². The minimum absolute atomic E-state index is 0. The molecular weight excluding hydrogens is 595 g/mol. The summed E-state index contributed by atoms with van der Waals surface area (Å²) in [5.41, 5.74) is 5.66. The first-order valence-electron chi connectivity index (χ1n) is 13.9. The third-order valence-corrected chi connectivity index (χ3v) is 8.68. The number of nitrogens with zero attached hydrogens (tertiary/aromatic N) is 4. The average Bonchev–Trinajstić information content (AvgIpc) is 3.50. The van der Waals surface area contributed by atoms with Gasteiger partial charge in [-0.25, -0.2) is 9.97 Å². The molecule has 0 spiro atoms. The molecule has 1 aliphatic heterocycles. The summed E-state index contributed by atoms with van der Waals surface area (Å²) in [6.07, 6.45) is 3.15. The number of imidazole rings is 1. The van der Waals surface area contributed by atoms with E-state index in [2.05, 4.69) is 64.0 Å². The number of aromatic nitrogens is 3. The lowest BCUT2D eigenvalue weighted by Gasteiger charge is -2.31. The zero-order chi connectivity index (χ0) is 29.4.